The maximum absolute atomic E-state index is 7.27. The topological polar surface area (TPSA) is 24.6 Å². The van der Waals surface area contributed by atoms with Crippen LogP contribution in [0.15, 0.2) is 271 Å². The Balaban J connectivity index is 1.07. The molecule has 0 saturated heterocycles. The van der Waals surface area contributed by atoms with Crippen molar-refractivity contribution in [3.05, 3.63) is 267 Å². The maximum Gasteiger partial charge on any atom is 0.253 e. The molecule has 0 saturated carbocycles. The van der Waals surface area contributed by atoms with Crippen LogP contribution in [0.25, 0.3) is 103 Å². The first kappa shape index (κ1) is 43.4. The molecule has 0 bridgehead atoms. The van der Waals surface area contributed by atoms with Gasteiger partial charge >= 0.3 is 0 Å². The van der Waals surface area contributed by atoms with Crippen LogP contribution in [-0.2, 0) is 0 Å². The van der Waals surface area contributed by atoms with E-state index >= 15 is 0 Å². The molecule has 0 atom stereocenters. The van der Waals surface area contributed by atoms with Crippen molar-refractivity contribution in [2.75, 3.05) is 9.80 Å². The summed E-state index contributed by atoms with van der Waals surface area (Å²) in [6.07, 6.45) is 0. The smallest absolute Gasteiger partial charge is 0.253 e. The molecular formula is C72H44BN3OS. The summed E-state index contributed by atoms with van der Waals surface area (Å²) in [7, 11) is 0. The summed E-state index contributed by atoms with van der Waals surface area (Å²) < 4.78 is 12.3. The molecule has 5 heterocycles. The van der Waals surface area contributed by atoms with Crippen LogP contribution < -0.4 is 26.2 Å². The monoisotopic (exact) mass is 1010 g/mol. The van der Waals surface area contributed by atoms with Crippen molar-refractivity contribution in [2.45, 2.75) is 0 Å². The minimum absolute atomic E-state index is 0.209. The van der Waals surface area contributed by atoms with Crippen LogP contribution in [0, 0.1) is 0 Å². The Bertz CT molecular complexity index is 4890. The molecule has 2 aliphatic heterocycles. The molecule has 0 N–H and O–H groups in total. The van der Waals surface area contributed by atoms with E-state index in [2.05, 4.69) is 281 Å². The molecule has 0 aliphatic carbocycles. The third-order valence-corrected chi connectivity index (χ3v) is 17.7. The molecule has 362 valence electrons. The molecule has 0 unspecified atom stereocenters. The Labute approximate surface area is 454 Å². The Morgan fingerprint density at radius 3 is 1.73 bits per heavy atom. The second-order valence-corrected chi connectivity index (χ2v) is 21.7. The van der Waals surface area contributed by atoms with E-state index in [4.69, 9.17) is 4.42 Å². The fraction of sp³-hybridized carbons (Fsp3) is 0. The molecule has 2 aliphatic rings. The Hall–Kier alpha value is -9.88. The number of aromatic nitrogens is 1. The molecule has 12 aromatic carbocycles. The van der Waals surface area contributed by atoms with Crippen molar-refractivity contribution in [1.82, 2.24) is 4.57 Å². The summed E-state index contributed by atoms with van der Waals surface area (Å²) in [5, 5.41) is 7.12. The third kappa shape index (κ3) is 6.23. The van der Waals surface area contributed by atoms with Crippen LogP contribution in [0.4, 0.5) is 34.1 Å². The number of fused-ring (bicyclic) bond motifs is 14. The van der Waals surface area contributed by atoms with Crippen LogP contribution in [0.3, 0.4) is 0 Å². The normalized spacial score (nSPS) is 12.8. The molecule has 0 fully saturated rings. The molecule has 6 heteroatoms. The first-order valence-corrected chi connectivity index (χ1v) is 27.6. The molecule has 0 radical (unpaired) electrons. The number of anilines is 6. The molecule has 3 aromatic heterocycles. The van der Waals surface area contributed by atoms with E-state index in [9.17, 15) is 0 Å². The highest BCUT2D eigenvalue weighted by Gasteiger charge is 2.47. The van der Waals surface area contributed by atoms with Crippen molar-refractivity contribution in [3.63, 3.8) is 0 Å². The van der Waals surface area contributed by atoms with Gasteiger partial charge in [-0.3, -0.25) is 0 Å². The lowest BCUT2D eigenvalue weighted by atomic mass is 9.32. The number of nitrogens with zero attached hydrogens (tertiary/aromatic N) is 3. The number of furan rings is 1. The average molecular weight is 1010 g/mol. The van der Waals surface area contributed by atoms with Gasteiger partial charge in [-0.05, 0) is 117 Å². The molecular weight excluding hydrogens is 966 g/mol. The minimum atomic E-state index is -0.209. The summed E-state index contributed by atoms with van der Waals surface area (Å²) in [5.74, 6) is 0. The number of hydrogen-bond donors (Lipinski definition) is 0. The van der Waals surface area contributed by atoms with Crippen LogP contribution in [0.2, 0.25) is 0 Å². The first-order valence-electron chi connectivity index (χ1n) is 26.8. The zero-order valence-corrected chi connectivity index (χ0v) is 43.0. The van der Waals surface area contributed by atoms with E-state index in [1.54, 1.807) is 0 Å². The van der Waals surface area contributed by atoms with Gasteiger partial charge in [0.15, 0.2) is 5.58 Å². The number of rotatable bonds is 6. The molecule has 4 nitrogen and oxygen atoms in total. The van der Waals surface area contributed by atoms with Gasteiger partial charge < -0.3 is 18.8 Å². The van der Waals surface area contributed by atoms with Crippen molar-refractivity contribution < 1.29 is 4.42 Å². The fourth-order valence-corrected chi connectivity index (χ4v) is 14.5. The van der Waals surface area contributed by atoms with E-state index in [0.29, 0.717) is 0 Å². The van der Waals surface area contributed by atoms with Gasteiger partial charge in [-0.25, -0.2) is 0 Å². The lowest BCUT2D eigenvalue weighted by Gasteiger charge is -2.45. The number of hydrogen-bond acceptors (Lipinski definition) is 4. The van der Waals surface area contributed by atoms with Crippen LogP contribution >= 0.6 is 11.3 Å². The van der Waals surface area contributed by atoms with E-state index in [1.807, 2.05) is 11.3 Å². The van der Waals surface area contributed by atoms with E-state index in [-0.39, 0.29) is 6.71 Å². The van der Waals surface area contributed by atoms with Crippen molar-refractivity contribution >= 4 is 132 Å². The van der Waals surface area contributed by atoms with Crippen molar-refractivity contribution in [1.29, 1.82) is 0 Å². The van der Waals surface area contributed by atoms with Gasteiger partial charge in [0.05, 0.1) is 27.1 Å². The summed E-state index contributed by atoms with van der Waals surface area (Å²) in [4.78, 5) is 5.20. The summed E-state index contributed by atoms with van der Waals surface area (Å²) >= 11 is 1.90. The van der Waals surface area contributed by atoms with Crippen molar-refractivity contribution in [3.8, 4) is 39.1 Å². The molecule has 78 heavy (non-hydrogen) atoms. The van der Waals surface area contributed by atoms with Gasteiger partial charge in [0.1, 0.15) is 5.58 Å². The third-order valence-electron chi connectivity index (χ3n) is 16.6. The fourth-order valence-electron chi connectivity index (χ4n) is 13.3. The molecule has 0 amide bonds. The highest BCUT2D eigenvalue weighted by atomic mass is 32.1. The lowest BCUT2D eigenvalue weighted by Crippen LogP contribution is -2.62. The highest BCUT2D eigenvalue weighted by Crippen LogP contribution is 2.54. The highest BCUT2D eigenvalue weighted by molar-refractivity contribution is 7.26. The Morgan fingerprint density at radius 1 is 0.346 bits per heavy atom. The van der Waals surface area contributed by atoms with Crippen LogP contribution in [0.1, 0.15) is 0 Å². The van der Waals surface area contributed by atoms with Gasteiger partial charge in [-0.2, -0.15) is 0 Å². The average Bonchev–Trinajstić information content (AvgIpc) is 4.36. The standard InChI is InChI=1S/C72H44BN3OS/c1-4-20-45(21-5-1)48-26-18-27-49(42-48)75-63-35-19-32-51(46-22-6-2-7-23-46)67(63)73-59-43-50(74-60-33-14-10-28-53(60)54-29-11-15-34-61(54)74)38-41-62(59)76(64-44-58-56-31-13-17-37-66(56)78-72(58)70(75)68(64)73)69-52(47-24-8-3-9-25-47)39-40-57-55-30-12-16-36-65(55)77-71(57)69/h1-44H. The van der Waals surface area contributed by atoms with Crippen LogP contribution in [-0.4, -0.2) is 11.3 Å². The summed E-state index contributed by atoms with van der Waals surface area (Å²) in [6.45, 7) is -0.209. The van der Waals surface area contributed by atoms with E-state index in [0.717, 1.165) is 61.5 Å². The molecule has 17 rings (SSSR count). The summed E-state index contributed by atoms with van der Waals surface area (Å²) in [6, 6.07) is 98.4. The van der Waals surface area contributed by atoms with E-state index < -0.39 is 0 Å². The molecule has 15 aromatic rings. The van der Waals surface area contributed by atoms with Gasteiger partial charge in [0, 0.05) is 71.0 Å². The zero-order valence-electron chi connectivity index (χ0n) is 42.1. The predicted octanol–water partition coefficient (Wildman–Crippen LogP) is 18.1. The van der Waals surface area contributed by atoms with Crippen molar-refractivity contribution in [2.24, 2.45) is 0 Å². The lowest BCUT2D eigenvalue weighted by molar-refractivity contribution is 0.669. The predicted molar refractivity (Wildman–Crippen MR) is 331 cm³/mol. The SMILES string of the molecule is c1ccc(-c2cccc(N3c4cccc(-c5ccccc5)c4B4c5cc(-n6c7ccccc7c7ccccc76)ccc5N(c5c(-c6ccccc6)ccc6c5oc5ccccc56)c5cc6c(sc7ccccc76)c3c54)c2)cc1. The Morgan fingerprint density at radius 2 is 0.974 bits per heavy atom. The molecule has 0 spiro atoms. The summed E-state index contributed by atoms with van der Waals surface area (Å²) in [5.41, 5.74) is 22.6. The van der Waals surface area contributed by atoms with Gasteiger partial charge in [0.2, 0.25) is 0 Å². The minimum Gasteiger partial charge on any atom is -0.454 e. The zero-order chi connectivity index (χ0) is 51.0. The number of benzene rings is 12. The maximum atomic E-state index is 7.27. The van der Waals surface area contributed by atoms with Crippen LogP contribution in [0.5, 0.6) is 0 Å². The largest absolute Gasteiger partial charge is 0.454 e. The van der Waals surface area contributed by atoms with Gasteiger partial charge in [0.25, 0.3) is 6.71 Å². The van der Waals surface area contributed by atoms with E-state index in [1.165, 1.54) is 92.0 Å². The second kappa shape index (κ2) is 16.8. The Kier molecular flexibility index (Phi) is 9.35. The number of thiophene rings is 1. The first-order chi connectivity index (χ1) is 38.7. The quantitative estimate of drug-likeness (QED) is 0.155. The second-order valence-electron chi connectivity index (χ2n) is 20.7. The van der Waals surface area contributed by atoms with Gasteiger partial charge in [-0.15, -0.1) is 11.3 Å². The van der Waals surface area contributed by atoms with Gasteiger partial charge in [-0.1, -0.05) is 194 Å². The number of para-hydroxylation sites is 3.